The Labute approximate surface area is 197 Å². The number of nitrogens with zero attached hydrogens (tertiary/aromatic N) is 1. The van der Waals surface area contributed by atoms with Gasteiger partial charge in [0.1, 0.15) is 5.58 Å². The van der Waals surface area contributed by atoms with Gasteiger partial charge in [-0.2, -0.15) is 0 Å². The van der Waals surface area contributed by atoms with Crippen LogP contribution in [0.5, 0.6) is 0 Å². The second-order valence-corrected chi connectivity index (χ2v) is 8.90. The Morgan fingerprint density at radius 1 is 1.12 bits per heavy atom. The maximum absolute atomic E-state index is 13.2. The van der Waals surface area contributed by atoms with Gasteiger partial charge in [0.15, 0.2) is 5.43 Å². The number of nitrogens with one attached hydrogen (secondary N) is 1. The molecule has 2 heterocycles. The van der Waals surface area contributed by atoms with Crippen LogP contribution in [0.2, 0.25) is 0 Å². The molecule has 2 atom stereocenters. The van der Waals surface area contributed by atoms with Crippen LogP contribution in [0, 0.1) is 6.92 Å². The summed E-state index contributed by atoms with van der Waals surface area (Å²) in [6.07, 6.45) is 0. The molecular formula is C28H26N2O4. The van der Waals surface area contributed by atoms with Crippen LogP contribution in [-0.4, -0.2) is 11.1 Å². The predicted octanol–water partition coefficient (Wildman–Crippen LogP) is 6.05. The normalized spacial score (nSPS) is 15.9. The van der Waals surface area contributed by atoms with Crippen LogP contribution in [0.25, 0.3) is 11.0 Å². The summed E-state index contributed by atoms with van der Waals surface area (Å²) in [6.45, 7) is 6.66. The summed E-state index contributed by atoms with van der Waals surface area (Å²) in [6, 6.07) is 20.2. The first-order valence-electron chi connectivity index (χ1n) is 11.3. The number of fused-ring (bicyclic) bond motifs is 2. The van der Waals surface area contributed by atoms with Crippen LogP contribution >= 0.6 is 0 Å². The Morgan fingerprint density at radius 2 is 1.85 bits per heavy atom. The highest BCUT2D eigenvalue weighted by atomic mass is 16.4. The number of rotatable bonds is 5. The highest BCUT2D eigenvalue weighted by molar-refractivity contribution is 5.94. The van der Waals surface area contributed by atoms with Crippen molar-refractivity contribution >= 4 is 28.5 Å². The molecule has 6 heteroatoms. The van der Waals surface area contributed by atoms with E-state index in [0.29, 0.717) is 29.1 Å². The molecule has 1 aliphatic heterocycles. The van der Waals surface area contributed by atoms with Crippen LogP contribution in [0.15, 0.2) is 75.9 Å². The number of hydrogen-bond donors (Lipinski definition) is 2. The highest BCUT2D eigenvalue weighted by Crippen LogP contribution is 2.38. The lowest BCUT2D eigenvalue weighted by molar-refractivity contribution is 0.0698. The van der Waals surface area contributed by atoms with Gasteiger partial charge >= 0.3 is 5.97 Å². The molecule has 0 saturated carbocycles. The van der Waals surface area contributed by atoms with E-state index in [2.05, 4.69) is 29.3 Å². The zero-order chi connectivity index (χ0) is 24.0. The van der Waals surface area contributed by atoms with Gasteiger partial charge in [-0.05, 0) is 55.7 Å². The molecule has 6 nitrogen and oxygen atoms in total. The molecule has 1 aliphatic rings. The fourth-order valence-corrected chi connectivity index (χ4v) is 4.83. The molecule has 3 aromatic carbocycles. The largest absolute Gasteiger partial charge is 0.478 e. The number of para-hydroxylation sites is 1. The molecule has 0 fully saturated rings. The quantitative estimate of drug-likeness (QED) is 0.382. The number of hydrogen-bond acceptors (Lipinski definition) is 5. The first kappa shape index (κ1) is 21.8. The molecule has 5 rings (SSSR count). The average molecular weight is 455 g/mol. The fourth-order valence-electron chi connectivity index (χ4n) is 4.83. The summed E-state index contributed by atoms with van der Waals surface area (Å²) >= 11 is 0. The molecule has 1 aromatic heterocycles. The van der Waals surface area contributed by atoms with Gasteiger partial charge < -0.3 is 19.7 Å². The molecule has 4 aromatic rings. The lowest BCUT2D eigenvalue weighted by Gasteiger charge is -2.24. The number of aryl methyl sites for hydroxylation is 1. The van der Waals surface area contributed by atoms with E-state index in [4.69, 9.17) is 4.42 Å². The Hall–Kier alpha value is -4.06. The van der Waals surface area contributed by atoms with Crippen molar-refractivity contribution in [2.45, 2.75) is 39.4 Å². The summed E-state index contributed by atoms with van der Waals surface area (Å²) in [5, 5.41) is 13.4. The van der Waals surface area contributed by atoms with E-state index >= 15 is 0 Å². The first-order valence-corrected chi connectivity index (χ1v) is 11.3. The van der Waals surface area contributed by atoms with Crippen LogP contribution in [-0.2, 0) is 6.54 Å². The van der Waals surface area contributed by atoms with Crippen molar-refractivity contribution in [2.75, 3.05) is 10.2 Å². The maximum atomic E-state index is 13.2. The van der Waals surface area contributed by atoms with Gasteiger partial charge in [0, 0.05) is 23.9 Å². The third kappa shape index (κ3) is 3.71. The van der Waals surface area contributed by atoms with Crippen molar-refractivity contribution in [3.63, 3.8) is 0 Å². The van der Waals surface area contributed by atoms with E-state index in [-0.39, 0.29) is 23.1 Å². The van der Waals surface area contributed by atoms with Gasteiger partial charge in [-0.25, -0.2) is 4.79 Å². The average Bonchev–Trinajstić information content (AvgIpc) is 3.16. The molecule has 0 radical (unpaired) electrons. The maximum Gasteiger partial charge on any atom is 0.337 e. The lowest BCUT2D eigenvalue weighted by Crippen LogP contribution is -2.21. The molecule has 0 amide bonds. The number of benzene rings is 3. The van der Waals surface area contributed by atoms with Gasteiger partial charge in [-0.15, -0.1) is 0 Å². The first-order chi connectivity index (χ1) is 16.3. The molecule has 34 heavy (non-hydrogen) atoms. The van der Waals surface area contributed by atoms with Crippen molar-refractivity contribution in [2.24, 2.45) is 0 Å². The molecule has 2 N–H and O–H groups in total. The molecular weight excluding hydrogens is 428 g/mol. The van der Waals surface area contributed by atoms with E-state index in [1.807, 2.05) is 38.1 Å². The molecule has 0 aliphatic carbocycles. The summed E-state index contributed by atoms with van der Waals surface area (Å²) in [4.78, 5) is 26.9. The van der Waals surface area contributed by atoms with Crippen molar-refractivity contribution in [3.8, 4) is 0 Å². The zero-order valence-electron chi connectivity index (χ0n) is 19.3. The van der Waals surface area contributed by atoms with Crippen LogP contribution in [0.4, 0.5) is 11.6 Å². The van der Waals surface area contributed by atoms with Crippen molar-refractivity contribution in [3.05, 3.63) is 105 Å². The summed E-state index contributed by atoms with van der Waals surface area (Å²) in [7, 11) is 0. The Bertz CT molecular complexity index is 1470. The second-order valence-electron chi connectivity index (χ2n) is 8.90. The standard InChI is InChI=1S/C28H26N2O4/c1-16-12-22(17(2)29-24-11-7-6-10-21(24)28(32)33)27-23(13-16)25(31)14-26(34-27)30-15-19-8-4-5-9-20(19)18(30)3/h4-14,17-18,29H,15H2,1-3H3,(H,32,33)/t17-,18+/m1/s1. The summed E-state index contributed by atoms with van der Waals surface area (Å²) in [5.74, 6) is -0.467. The summed E-state index contributed by atoms with van der Waals surface area (Å²) in [5.41, 5.74) is 5.32. The molecule has 0 saturated heterocycles. The second kappa shape index (κ2) is 8.37. The van der Waals surface area contributed by atoms with Gasteiger partial charge in [0.05, 0.1) is 23.0 Å². The van der Waals surface area contributed by atoms with E-state index in [9.17, 15) is 14.7 Å². The minimum Gasteiger partial charge on any atom is -0.478 e. The number of carboxylic acid groups (broad SMARTS) is 1. The predicted molar refractivity (Wildman–Crippen MR) is 134 cm³/mol. The monoisotopic (exact) mass is 454 g/mol. The fraction of sp³-hybridized carbons (Fsp3) is 0.214. The van der Waals surface area contributed by atoms with E-state index in [1.54, 1.807) is 30.3 Å². The minimum absolute atomic E-state index is 0.0868. The van der Waals surface area contributed by atoms with Gasteiger partial charge in [0.25, 0.3) is 0 Å². The zero-order valence-corrected chi connectivity index (χ0v) is 19.3. The lowest BCUT2D eigenvalue weighted by atomic mass is 10.0. The molecule has 0 unspecified atom stereocenters. The number of aromatic carboxylic acids is 1. The molecule has 0 bridgehead atoms. The van der Waals surface area contributed by atoms with Crippen molar-refractivity contribution < 1.29 is 14.3 Å². The SMILES string of the molecule is Cc1cc([C@@H](C)Nc2ccccc2C(=O)O)c2oc(N3Cc4ccccc4[C@@H]3C)cc(=O)c2c1. The Morgan fingerprint density at radius 3 is 2.62 bits per heavy atom. The molecule has 0 spiro atoms. The molecule has 172 valence electrons. The van der Waals surface area contributed by atoms with E-state index < -0.39 is 5.97 Å². The number of carboxylic acids is 1. The van der Waals surface area contributed by atoms with E-state index in [1.165, 1.54) is 11.1 Å². The van der Waals surface area contributed by atoms with Crippen LogP contribution in [0.1, 0.15) is 58.5 Å². The number of carbonyl (C=O) groups is 1. The van der Waals surface area contributed by atoms with Crippen LogP contribution in [0.3, 0.4) is 0 Å². The van der Waals surface area contributed by atoms with Gasteiger partial charge in [-0.3, -0.25) is 4.79 Å². The summed E-state index contributed by atoms with van der Waals surface area (Å²) < 4.78 is 6.42. The van der Waals surface area contributed by atoms with Gasteiger partial charge in [0.2, 0.25) is 5.88 Å². The smallest absolute Gasteiger partial charge is 0.337 e. The van der Waals surface area contributed by atoms with Crippen LogP contribution < -0.4 is 15.6 Å². The Balaban J connectivity index is 1.59. The number of anilines is 2. The third-order valence-electron chi connectivity index (χ3n) is 6.58. The third-order valence-corrected chi connectivity index (χ3v) is 6.58. The Kier molecular flexibility index (Phi) is 5.36. The van der Waals surface area contributed by atoms with Crippen molar-refractivity contribution in [1.82, 2.24) is 0 Å². The highest BCUT2D eigenvalue weighted by Gasteiger charge is 2.29. The minimum atomic E-state index is -0.999. The van der Waals surface area contributed by atoms with Crippen molar-refractivity contribution in [1.29, 1.82) is 0 Å². The topological polar surface area (TPSA) is 82.8 Å². The van der Waals surface area contributed by atoms with Gasteiger partial charge in [-0.1, -0.05) is 42.5 Å². The van der Waals surface area contributed by atoms with E-state index in [0.717, 1.165) is 11.1 Å².